The Morgan fingerprint density at radius 2 is 2.20 bits per heavy atom. The third kappa shape index (κ3) is 4.63. The number of carbonyl (C=O) groups is 1. The summed E-state index contributed by atoms with van der Waals surface area (Å²) in [4.78, 5) is 12.6. The number of aliphatic carboxylic acids is 1. The van der Waals surface area contributed by atoms with Gasteiger partial charge in [0.2, 0.25) is 0 Å². The van der Waals surface area contributed by atoms with Gasteiger partial charge in [-0.2, -0.15) is 5.10 Å². The van der Waals surface area contributed by atoms with E-state index in [1.807, 2.05) is 7.05 Å². The third-order valence-corrected chi connectivity index (χ3v) is 3.97. The van der Waals surface area contributed by atoms with Crippen LogP contribution in [0.3, 0.4) is 0 Å². The minimum atomic E-state index is -0.722. The molecule has 20 heavy (non-hydrogen) atoms. The lowest BCUT2D eigenvalue weighted by atomic mass is 9.96. The molecule has 0 bridgehead atoms. The average Bonchev–Trinajstić information content (AvgIpc) is 2.88. The van der Waals surface area contributed by atoms with Gasteiger partial charge < -0.3 is 10.0 Å². The molecule has 0 radical (unpaired) electrons. The second kappa shape index (κ2) is 7.43. The fourth-order valence-corrected chi connectivity index (χ4v) is 2.87. The number of hydrogen-bond donors (Lipinski definition) is 1. The summed E-state index contributed by atoms with van der Waals surface area (Å²) in [6.45, 7) is 1.59. The molecule has 1 aliphatic rings. The molecule has 0 aliphatic heterocycles. The van der Waals surface area contributed by atoms with Crippen LogP contribution in [-0.4, -0.2) is 39.3 Å². The number of nitrogens with zero attached hydrogens (tertiary/aromatic N) is 3. The lowest BCUT2D eigenvalue weighted by Gasteiger charge is -2.22. The van der Waals surface area contributed by atoms with Crippen molar-refractivity contribution in [3.63, 3.8) is 0 Å². The maximum Gasteiger partial charge on any atom is 0.303 e. The molecule has 1 aliphatic carbocycles. The van der Waals surface area contributed by atoms with E-state index in [1.54, 1.807) is 0 Å². The molecule has 5 heteroatoms. The number of hydrogen-bond acceptors (Lipinski definition) is 3. The molecule has 5 nitrogen and oxygen atoms in total. The van der Waals surface area contributed by atoms with Crippen molar-refractivity contribution in [3.05, 3.63) is 18.0 Å². The van der Waals surface area contributed by atoms with Gasteiger partial charge in [0.15, 0.2) is 0 Å². The van der Waals surface area contributed by atoms with Crippen LogP contribution in [0.4, 0.5) is 0 Å². The molecule has 0 aromatic carbocycles. The largest absolute Gasteiger partial charge is 0.481 e. The topological polar surface area (TPSA) is 58.4 Å². The summed E-state index contributed by atoms with van der Waals surface area (Å²) in [5, 5.41) is 13.3. The SMILES string of the molecule is CN(CCCC(=O)O)Cc1ccn(C2CCCCC2)n1. The van der Waals surface area contributed by atoms with Gasteiger partial charge in [0.25, 0.3) is 0 Å². The van der Waals surface area contributed by atoms with Gasteiger partial charge in [0.1, 0.15) is 0 Å². The Hall–Kier alpha value is -1.36. The average molecular weight is 279 g/mol. The van der Waals surface area contributed by atoms with Crippen molar-refractivity contribution in [3.8, 4) is 0 Å². The summed E-state index contributed by atoms with van der Waals surface area (Å²) < 4.78 is 2.12. The van der Waals surface area contributed by atoms with E-state index < -0.39 is 5.97 Å². The Morgan fingerprint density at radius 3 is 2.90 bits per heavy atom. The standard InChI is InChI=1S/C15H25N3O2/c1-17(10-5-8-15(19)20)12-13-9-11-18(16-13)14-6-3-2-4-7-14/h9,11,14H,2-8,10,12H2,1H3,(H,19,20). The maximum absolute atomic E-state index is 10.5. The van der Waals surface area contributed by atoms with Gasteiger partial charge >= 0.3 is 5.97 Å². The highest BCUT2D eigenvalue weighted by Crippen LogP contribution is 2.27. The highest BCUT2D eigenvalue weighted by atomic mass is 16.4. The molecule has 1 aromatic rings. The van der Waals surface area contributed by atoms with Gasteiger partial charge in [-0.15, -0.1) is 0 Å². The molecule has 1 aromatic heterocycles. The predicted molar refractivity (Wildman–Crippen MR) is 77.6 cm³/mol. The van der Waals surface area contributed by atoms with Crippen molar-refractivity contribution in [2.24, 2.45) is 0 Å². The van der Waals surface area contributed by atoms with Crippen molar-refractivity contribution < 1.29 is 9.90 Å². The fraction of sp³-hybridized carbons (Fsp3) is 0.733. The summed E-state index contributed by atoms with van der Waals surface area (Å²) in [5.41, 5.74) is 1.08. The van der Waals surface area contributed by atoms with E-state index in [4.69, 9.17) is 5.11 Å². The summed E-state index contributed by atoms with van der Waals surface area (Å²) in [5.74, 6) is -0.722. The second-order valence-electron chi connectivity index (χ2n) is 5.81. The van der Waals surface area contributed by atoms with E-state index in [0.717, 1.165) is 18.8 Å². The molecular weight excluding hydrogens is 254 g/mol. The molecular formula is C15H25N3O2. The first kappa shape index (κ1) is 15.0. The van der Waals surface area contributed by atoms with Crippen LogP contribution in [0.25, 0.3) is 0 Å². The predicted octanol–water partition coefficient (Wildman–Crippen LogP) is 2.68. The van der Waals surface area contributed by atoms with Crippen LogP contribution in [-0.2, 0) is 11.3 Å². The number of carboxylic acids is 1. The quantitative estimate of drug-likeness (QED) is 0.833. The molecule has 1 saturated carbocycles. The first-order valence-corrected chi connectivity index (χ1v) is 7.59. The molecule has 2 rings (SSSR count). The molecule has 0 saturated heterocycles. The summed E-state index contributed by atoms with van der Waals surface area (Å²) in [7, 11) is 2.02. The zero-order valence-corrected chi connectivity index (χ0v) is 12.3. The number of carboxylic acid groups (broad SMARTS) is 1. The van der Waals surface area contributed by atoms with Gasteiger partial charge in [-0.1, -0.05) is 19.3 Å². The normalized spacial score (nSPS) is 16.7. The fourth-order valence-electron chi connectivity index (χ4n) is 2.87. The van der Waals surface area contributed by atoms with Gasteiger partial charge in [-0.05, 0) is 38.9 Å². The molecule has 112 valence electrons. The summed E-state index contributed by atoms with van der Waals surface area (Å²) >= 11 is 0. The van der Waals surface area contributed by atoms with E-state index in [-0.39, 0.29) is 6.42 Å². The van der Waals surface area contributed by atoms with Gasteiger partial charge in [0, 0.05) is 19.2 Å². The smallest absolute Gasteiger partial charge is 0.303 e. The minimum Gasteiger partial charge on any atom is -0.481 e. The van der Waals surface area contributed by atoms with Crippen molar-refractivity contribution in [1.82, 2.24) is 14.7 Å². The Kier molecular flexibility index (Phi) is 5.59. The molecule has 0 atom stereocenters. The van der Waals surface area contributed by atoms with E-state index in [9.17, 15) is 4.79 Å². The van der Waals surface area contributed by atoms with Crippen LogP contribution in [0.5, 0.6) is 0 Å². The summed E-state index contributed by atoms with van der Waals surface area (Å²) in [6, 6.07) is 2.66. The van der Waals surface area contributed by atoms with Crippen LogP contribution in [0, 0.1) is 0 Å². The molecule has 0 unspecified atom stereocenters. The van der Waals surface area contributed by atoms with Crippen molar-refractivity contribution in [1.29, 1.82) is 0 Å². The van der Waals surface area contributed by atoms with Crippen molar-refractivity contribution in [2.45, 2.75) is 57.5 Å². The Labute approximate surface area is 120 Å². The Balaban J connectivity index is 1.78. The van der Waals surface area contributed by atoms with Gasteiger partial charge in [-0.25, -0.2) is 0 Å². The van der Waals surface area contributed by atoms with E-state index in [1.165, 1.54) is 32.1 Å². The van der Waals surface area contributed by atoms with Crippen LogP contribution in [0.15, 0.2) is 12.3 Å². The van der Waals surface area contributed by atoms with E-state index in [2.05, 4.69) is 26.9 Å². The van der Waals surface area contributed by atoms with Crippen LogP contribution in [0.2, 0.25) is 0 Å². The first-order chi connectivity index (χ1) is 9.65. The number of rotatable bonds is 7. The Morgan fingerprint density at radius 1 is 1.45 bits per heavy atom. The van der Waals surface area contributed by atoms with E-state index >= 15 is 0 Å². The highest BCUT2D eigenvalue weighted by molar-refractivity contribution is 5.66. The van der Waals surface area contributed by atoms with E-state index in [0.29, 0.717) is 12.5 Å². The summed E-state index contributed by atoms with van der Waals surface area (Å²) in [6.07, 6.45) is 9.50. The van der Waals surface area contributed by atoms with Crippen molar-refractivity contribution in [2.75, 3.05) is 13.6 Å². The molecule has 1 heterocycles. The molecule has 1 fully saturated rings. The first-order valence-electron chi connectivity index (χ1n) is 7.59. The Bertz CT molecular complexity index is 425. The molecule has 0 spiro atoms. The van der Waals surface area contributed by atoms with Crippen LogP contribution < -0.4 is 0 Å². The monoisotopic (exact) mass is 279 g/mol. The zero-order chi connectivity index (χ0) is 14.4. The van der Waals surface area contributed by atoms with Gasteiger partial charge in [0.05, 0.1) is 11.7 Å². The zero-order valence-electron chi connectivity index (χ0n) is 12.3. The van der Waals surface area contributed by atoms with Crippen LogP contribution in [0.1, 0.15) is 56.7 Å². The number of aromatic nitrogens is 2. The molecule has 0 amide bonds. The minimum absolute atomic E-state index is 0.237. The van der Waals surface area contributed by atoms with Gasteiger partial charge in [-0.3, -0.25) is 9.48 Å². The second-order valence-corrected chi connectivity index (χ2v) is 5.81. The highest BCUT2D eigenvalue weighted by Gasteiger charge is 2.16. The molecule has 1 N–H and O–H groups in total. The maximum atomic E-state index is 10.5. The lowest BCUT2D eigenvalue weighted by molar-refractivity contribution is -0.137. The third-order valence-electron chi connectivity index (χ3n) is 3.97. The van der Waals surface area contributed by atoms with Crippen LogP contribution >= 0.6 is 0 Å². The lowest BCUT2D eigenvalue weighted by Crippen LogP contribution is -2.20. The van der Waals surface area contributed by atoms with Crippen molar-refractivity contribution >= 4 is 5.97 Å².